The van der Waals surface area contributed by atoms with Gasteiger partial charge in [0.2, 0.25) is 5.91 Å². The van der Waals surface area contributed by atoms with Crippen molar-refractivity contribution >= 4 is 17.7 Å². The number of amides is 1. The zero-order valence-corrected chi connectivity index (χ0v) is 13.5. The molecule has 1 N–H and O–H groups in total. The van der Waals surface area contributed by atoms with Gasteiger partial charge in [-0.3, -0.25) is 4.79 Å². The van der Waals surface area contributed by atoms with Crippen molar-refractivity contribution in [3.05, 3.63) is 65.7 Å². The first-order valence-corrected chi connectivity index (χ1v) is 8.51. The fraction of sp³-hybridized carbons (Fsp3) is 0.278. The Kier molecular flexibility index (Phi) is 4.85. The van der Waals surface area contributed by atoms with E-state index in [2.05, 4.69) is 5.32 Å². The Labute approximate surface area is 142 Å². The van der Waals surface area contributed by atoms with E-state index in [0.29, 0.717) is 4.90 Å². The molecule has 1 fully saturated rings. The van der Waals surface area contributed by atoms with Crippen LogP contribution < -0.4 is 5.32 Å². The van der Waals surface area contributed by atoms with Crippen molar-refractivity contribution in [2.75, 3.05) is 0 Å². The SMILES string of the molecule is O=C(NC1CC1)[C@H](Sc1cccc(C(F)(F)F)c1)c1ccccc1. The summed E-state index contributed by atoms with van der Waals surface area (Å²) in [6.07, 6.45) is -2.47. The Bertz CT molecular complexity index is 714. The van der Waals surface area contributed by atoms with Gasteiger partial charge in [0.1, 0.15) is 5.25 Å². The number of carbonyl (C=O) groups excluding carboxylic acids is 1. The highest BCUT2D eigenvalue weighted by atomic mass is 32.2. The van der Waals surface area contributed by atoms with Crippen LogP contribution in [0.15, 0.2) is 59.5 Å². The number of hydrogen-bond donors (Lipinski definition) is 1. The Balaban J connectivity index is 1.85. The third-order valence-corrected chi connectivity index (χ3v) is 4.93. The fourth-order valence-corrected chi connectivity index (χ4v) is 3.38. The van der Waals surface area contributed by atoms with Gasteiger partial charge in [0.25, 0.3) is 0 Å². The predicted octanol–water partition coefficient (Wildman–Crippen LogP) is 4.82. The van der Waals surface area contributed by atoms with Gasteiger partial charge < -0.3 is 5.32 Å². The van der Waals surface area contributed by atoms with Gasteiger partial charge in [0.05, 0.1) is 5.56 Å². The molecule has 0 unspecified atom stereocenters. The summed E-state index contributed by atoms with van der Waals surface area (Å²) in [6.45, 7) is 0. The highest BCUT2D eigenvalue weighted by Gasteiger charge is 2.32. The van der Waals surface area contributed by atoms with Crippen molar-refractivity contribution in [2.24, 2.45) is 0 Å². The molecule has 1 atom stereocenters. The first kappa shape index (κ1) is 16.9. The van der Waals surface area contributed by atoms with E-state index in [1.54, 1.807) is 6.07 Å². The van der Waals surface area contributed by atoms with E-state index >= 15 is 0 Å². The van der Waals surface area contributed by atoms with Crippen LogP contribution in [0, 0.1) is 0 Å². The minimum atomic E-state index is -4.39. The summed E-state index contributed by atoms with van der Waals surface area (Å²) in [4.78, 5) is 12.9. The maximum absolute atomic E-state index is 12.9. The smallest absolute Gasteiger partial charge is 0.352 e. The Morgan fingerprint density at radius 2 is 1.79 bits per heavy atom. The second-order valence-corrected chi connectivity index (χ2v) is 6.90. The van der Waals surface area contributed by atoms with Gasteiger partial charge >= 0.3 is 6.18 Å². The summed E-state index contributed by atoms with van der Waals surface area (Å²) < 4.78 is 38.6. The summed E-state index contributed by atoms with van der Waals surface area (Å²) in [5.41, 5.74) is 0.0694. The van der Waals surface area contributed by atoms with Crippen molar-refractivity contribution in [3.8, 4) is 0 Å². The molecule has 1 aliphatic rings. The maximum atomic E-state index is 12.9. The third-order valence-electron chi connectivity index (χ3n) is 3.68. The predicted molar refractivity (Wildman–Crippen MR) is 87.6 cm³/mol. The first-order valence-electron chi connectivity index (χ1n) is 7.63. The van der Waals surface area contributed by atoms with Crippen LogP contribution in [0.3, 0.4) is 0 Å². The lowest BCUT2D eigenvalue weighted by atomic mass is 10.1. The molecule has 0 aliphatic heterocycles. The quantitative estimate of drug-likeness (QED) is 0.783. The van der Waals surface area contributed by atoms with Crippen LogP contribution in [0.1, 0.15) is 29.2 Å². The van der Waals surface area contributed by atoms with Crippen molar-refractivity contribution < 1.29 is 18.0 Å². The Morgan fingerprint density at radius 3 is 2.42 bits per heavy atom. The summed E-state index contributed by atoms with van der Waals surface area (Å²) in [5.74, 6) is -0.161. The lowest BCUT2D eigenvalue weighted by molar-refractivity contribution is -0.137. The van der Waals surface area contributed by atoms with E-state index in [0.717, 1.165) is 42.3 Å². The monoisotopic (exact) mass is 351 g/mol. The molecule has 0 spiro atoms. The van der Waals surface area contributed by atoms with Gasteiger partial charge in [-0.15, -0.1) is 11.8 Å². The van der Waals surface area contributed by atoms with E-state index in [1.165, 1.54) is 6.07 Å². The van der Waals surface area contributed by atoms with Gasteiger partial charge in [0.15, 0.2) is 0 Å². The highest BCUT2D eigenvalue weighted by molar-refractivity contribution is 8.00. The van der Waals surface area contributed by atoms with Crippen molar-refractivity contribution in [1.82, 2.24) is 5.32 Å². The largest absolute Gasteiger partial charge is 0.416 e. The summed E-state index contributed by atoms with van der Waals surface area (Å²) >= 11 is 1.14. The number of rotatable bonds is 5. The van der Waals surface area contributed by atoms with Gasteiger partial charge in [0, 0.05) is 10.9 Å². The number of halogens is 3. The molecule has 3 rings (SSSR count). The molecule has 0 aromatic heterocycles. The molecule has 1 aliphatic carbocycles. The van der Waals surface area contributed by atoms with E-state index in [4.69, 9.17) is 0 Å². The summed E-state index contributed by atoms with van der Waals surface area (Å²) in [5, 5.41) is 2.36. The average Bonchev–Trinajstić information content (AvgIpc) is 3.37. The van der Waals surface area contributed by atoms with Crippen molar-refractivity contribution in [3.63, 3.8) is 0 Å². The maximum Gasteiger partial charge on any atom is 0.416 e. The molecule has 0 radical (unpaired) electrons. The van der Waals surface area contributed by atoms with Crippen LogP contribution in [0.5, 0.6) is 0 Å². The Hall–Kier alpha value is -1.95. The van der Waals surface area contributed by atoms with Gasteiger partial charge in [-0.05, 0) is 36.6 Å². The lowest BCUT2D eigenvalue weighted by Crippen LogP contribution is -2.29. The van der Waals surface area contributed by atoms with E-state index < -0.39 is 17.0 Å². The number of thioether (sulfide) groups is 1. The number of carbonyl (C=O) groups is 1. The second kappa shape index (κ2) is 6.89. The normalized spacial score (nSPS) is 15.8. The molecule has 1 saturated carbocycles. The Morgan fingerprint density at radius 1 is 1.08 bits per heavy atom. The van der Waals surface area contributed by atoms with Gasteiger partial charge in [-0.1, -0.05) is 36.4 Å². The molecule has 1 amide bonds. The minimum Gasteiger partial charge on any atom is -0.352 e. The van der Waals surface area contributed by atoms with E-state index in [9.17, 15) is 18.0 Å². The molecular formula is C18H16F3NOS. The number of benzene rings is 2. The van der Waals surface area contributed by atoms with Crippen LogP contribution in [-0.2, 0) is 11.0 Å². The molecule has 2 nitrogen and oxygen atoms in total. The average molecular weight is 351 g/mol. The summed E-state index contributed by atoms with van der Waals surface area (Å²) in [6, 6.07) is 14.4. The fourth-order valence-electron chi connectivity index (χ4n) is 2.29. The van der Waals surface area contributed by atoms with Crippen LogP contribution in [-0.4, -0.2) is 11.9 Å². The van der Waals surface area contributed by atoms with Crippen LogP contribution in [0.2, 0.25) is 0 Å². The minimum absolute atomic E-state index is 0.161. The number of hydrogen-bond acceptors (Lipinski definition) is 2. The molecule has 6 heteroatoms. The molecule has 2 aromatic rings. The number of nitrogens with one attached hydrogen (secondary N) is 1. The van der Waals surface area contributed by atoms with Crippen molar-refractivity contribution in [2.45, 2.75) is 35.2 Å². The summed E-state index contributed by atoms with van der Waals surface area (Å²) in [7, 11) is 0. The second-order valence-electron chi connectivity index (χ2n) is 5.72. The van der Waals surface area contributed by atoms with Crippen LogP contribution in [0.4, 0.5) is 13.2 Å². The zero-order chi connectivity index (χ0) is 17.2. The van der Waals surface area contributed by atoms with Gasteiger partial charge in [-0.25, -0.2) is 0 Å². The lowest BCUT2D eigenvalue weighted by Gasteiger charge is -2.17. The molecular weight excluding hydrogens is 335 g/mol. The van der Waals surface area contributed by atoms with Crippen LogP contribution >= 0.6 is 11.8 Å². The number of alkyl halides is 3. The van der Waals surface area contributed by atoms with E-state index in [1.807, 2.05) is 30.3 Å². The molecule has 126 valence electrons. The zero-order valence-electron chi connectivity index (χ0n) is 12.7. The van der Waals surface area contributed by atoms with E-state index in [-0.39, 0.29) is 11.9 Å². The van der Waals surface area contributed by atoms with Crippen molar-refractivity contribution in [1.29, 1.82) is 0 Å². The molecule has 0 heterocycles. The molecule has 2 aromatic carbocycles. The standard InChI is InChI=1S/C18H16F3NOS/c19-18(20,21)13-7-4-8-15(11-13)24-16(12-5-2-1-3-6-12)17(23)22-14-9-10-14/h1-8,11,14,16H,9-10H2,(H,22,23)/t16-/m1/s1. The topological polar surface area (TPSA) is 29.1 Å². The highest BCUT2D eigenvalue weighted by Crippen LogP contribution is 2.39. The third kappa shape index (κ3) is 4.32. The first-order chi connectivity index (χ1) is 11.4. The van der Waals surface area contributed by atoms with Gasteiger partial charge in [-0.2, -0.15) is 13.2 Å². The van der Waals surface area contributed by atoms with Crippen LogP contribution in [0.25, 0.3) is 0 Å². The molecule has 0 bridgehead atoms. The molecule has 0 saturated heterocycles. The molecule has 24 heavy (non-hydrogen) atoms.